The average Bonchev–Trinajstić information content (AvgIpc) is 2.81. The van der Waals surface area contributed by atoms with Gasteiger partial charge in [-0.1, -0.05) is 48.0 Å². The molecule has 1 N–H and O–H groups in total. The van der Waals surface area contributed by atoms with Crippen LogP contribution in [0.5, 0.6) is 5.75 Å². The number of aliphatic carboxylic acids is 1. The summed E-state index contributed by atoms with van der Waals surface area (Å²) in [5.41, 5.74) is 3.68. The maximum Gasteiger partial charge on any atom is 0.331 e. The summed E-state index contributed by atoms with van der Waals surface area (Å²) in [6, 6.07) is 17.0. The molecule has 2 unspecified atom stereocenters. The molecule has 184 valence electrons. The van der Waals surface area contributed by atoms with Gasteiger partial charge < -0.3 is 14.6 Å². The fourth-order valence-corrected chi connectivity index (χ4v) is 4.22. The van der Waals surface area contributed by atoms with Crippen LogP contribution in [0.2, 0.25) is 0 Å². The number of aryl methyl sites for hydroxylation is 1. The molecule has 2 atom stereocenters. The van der Waals surface area contributed by atoms with Crippen molar-refractivity contribution >= 4 is 11.9 Å². The number of ether oxygens (including phenoxy) is 2. The molecule has 2 aromatic carbocycles. The van der Waals surface area contributed by atoms with E-state index in [-0.39, 0.29) is 24.6 Å². The second-order valence-corrected chi connectivity index (χ2v) is 8.90. The van der Waals surface area contributed by atoms with Crippen molar-refractivity contribution in [2.24, 2.45) is 0 Å². The van der Waals surface area contributed by atoms with E-state index in [0.717, 1.165) is 37.3 Å². The van der Waals surface area contributed by atoms with Gasteiger partial charge in [0, 0.05) is 24.2 Å². The van der Waals surface area contributed by atoms with Crippen LogP contribution in [0.15, 0.2) is 60.7 Å². The molecule has 0 amide bonds. The highest BCUT2D eigenvalue weighted by atomic mass is 16.5. The Morgan fingerprint density at radius 1 is 1.06 bits per heavy atom. The van der Waals surface area contributed by atoms with Crippen LogP contribution in [-0.2, 0) is 20.7 Å². The van der Waals surface area contributed by atoms with Gasteiger partial charge in [-0.15, -0.1) is 0 Å². The Hall–Kier alpha value is -3.12. The highest BCUT2D eigenvalue weighted by Crippen LogP contribution is 2.33. The Balaban J connectivity index is 2.16. The SMILES string of the molecule is COc1ccc(C)cc1C(CCN(C(C)C)C(C)COC(=O)/C=C/C(=O)O)Cc1ccccc1. The van der Waals surface area contributed by atoms with Gasteiger partial charge in [0.15, 0.2) is 0 Å². The Kier molecular flexibility index (Phi) is 10.8. The van der Waals surface area contributed by atoms with Crippen LogP contribution in [0.4, 0.5) is 0 Å². The molecule has 34 heavy (non-hydrogen) atoms. The van der Waals surface area contributed by atoms with Gasteiger partial charge >= 0.3 is 11.9 Å². The van der Waals surface area contributed by atoms with E-state index in [9.17, 15) is 9.59 Å². The monoisotopic (exact) mass is 467 g/mol. The number of esters is 1. The van der Waals surface area contributed by atoms with Crippen molar-refractivity contribution in [3.05, 3.63) is 77.4 Å². The van der Waals surface area contributed by atoms with Crippen LogP contribution in [0.1, 0.15) is 49.8 Å². The van der Waals surface area contributed by atoms with E-state index in [1.54, 1.807) is 7.11 Å². The average molecular weight is 468 g/mol. The first-order valence-corrected chi connectivity index (χ1v) is 11.7. The highest BCUT2D eigenvalue weighted by Gasteiger charge is 2.23. The number of carbonyl (C=O) groups is 2. The number of hydrogen-bond acceptors (Lipinski definition) is 5. The number of benzene rings is 2. The van der Waals surface area contributed by atoms with E-state index >= 15 is 0 Å². The Bertz CT molecular complexity index is 955. The third-order valence-corrected chi connectivity index (χ3v) is 5.94. The lowest BCUT2D eigenvalue weighted by Crippen LogP contribution is -2.42. The molecule has 0 aliphatic carbocycles. The van der Waals surface area contributed by atoms with Gasteiger partial charge in [0.25, 0.3) is 0 Å². The van der Waals surface area contributed by atoms with Crippen molar-refractivity contribution in [3.8, 4) is 5.75 Å². The quantitative estimate of drug-likeness (QED) is 0.330. The summed E-state index contributed by atoms with van der Waals surface area (Å²) < 4.78 is 11.0. The molecule has 2 aromatic rings. The van der Waals surface area contributed by atoms with E-state index < -0.39 is 11.9 Å². The van der Waals surface area contributed by atoms with Gasteiger partial charge in [0.2, 0.25) is 0 Å². The summed E-state index contributed by atoms with van der Waals surface area (Å²) in [5, 5.41) is 8.67. The van der Waals surface area contributed by atoms with Gasteiger partial charge in [-0.2, -0.15) is 0 Å². The Morgan fingerprint density at radius 2 is 1.76 bits per heavy atom. The molecule has 0 aliphatic rings. The predicted octanol–water partition coefficient (Wildman–Crippen LogP) is 5.00. The Labute approximate surface area is 203 Å². The van der Waals surface area contributed by atoms with Gasteiger partial charge in [-0.25, -0.2) is 9.59 Å². The zero-order valence-corrected chi connectivity index (χ0v) is 20.9. The smallest absolute Gasteiger partial charge is 0.331 e. The minimum absolute atomic E-state index is 0.0149. The molecule has 2 rings (SSSR count). The highest BCUT2D eigenvalue weighted by molar-refractivity contribution is 5.90. The van der Waals surface area contributed by atoms with Crippen LogP contribution in [-0.4, -0.2) is 54.3 Å². The number of carboxylic acid groups (broad SMARTS) is 1. The van der Waals surface area contributed by atoms with Crippen molar-refractivity contribution in [1.29, 1.82) is 0 Å². The van der Waals surface area contributed by atoms with Crippen LogP contribution in [0.25, 0.3) is 0 Å². The second kappa shape index (κ2) is 13.6. The second-order valence-electron chi connectivity index (χ2n) is 8.90. The van der Waals surface area contributed by atoms with Crippen LogP contribution in [0, 0.1) is 6.92 Å². The van der Waals surface area contributed by atoms with Gasteiger partial charge in [-0.3, -0.25) is 4.90 Å². The largest absolute Gasteiger partial charge is 0.496 e. The zero-order chi connectivity index (χ0) is 25.1. The van der Waals surface area contributed by atoms with E-state index in [1.807, 2.05) is 19.1 Å². The minimum atomic E-state index is -1.18. The number of methoxy groups -OCH3 is 1. The number of carboxylic acids is 1. The molecular weight excluding hydrogens is 430 g/mol. The minimum Gasteiger partial charge on any atom is -0.496 e. The third-order valence-electron chi connectivity index (χ3n) is 5.94. The summed E-state index contributed by atoms with van der Waals surface area (Å²) in [7, 11) is 1.71. The normalized spacial score (nSPS) is 13.3. The molecule has 6 nitrogen and oxygen atoms in total. The standard InChI is InChI=1S/C28H37NO5/c1-20(2)29(22(4)19-34-28(32)14-13-27(30)31)16-15-24(18-23-9-7-6-8-10-23)25-17-21(3)11-12-26(25)33-5/h6-14,17,20,22,24H,15-16,18-19H2,1-5H3,(H,30,31)/b14-13+. The molecule has 0 radical (unpaired) electrons. The predicted molar refractivity (Wildman–Crippen MR) is 134 cm³/mol. The van der Waals surface area contributed by atoms with Crippen LogP contribution >= 0.6 is 0 Å². The van der Waals surface area contributed by atoms with Crippen LogP contribution in [0.3, 0.4) is 0 Å². The third kappa shape index (κ3) is 8.67. The molecule has 0 bridgehead atoms. The molecule has 0 spiro atoms. The summed E-state index contributed by atoms with van der Waals surface area (Å²) in [4.78, 5) is 24.7. The zero-order valence-electron chi connectivity index (χ0n) is 20.9. The molecule has 0 fully saturated rings. The summed E-state index contributed by atoms with van der Waals surface area (Å²) in [6.07, 6.45) is 3.53. The van der Waals surface area contributed by atoms with Crippen molar-refractivity contribution < 1.29 is 24.2 Å². The first kappa shape index (κ1) is 27.1. The van der Waals surface area contributed by atoms with Crippen molar-refractivity contribution in [3.63, 3.8) is 0 Å². The van der Waals surface area contributed by atoms with E-state index in [4.69, 9.17) is 14.6 Å². The first-order chi connectivity index (χ1) is 16.2. The summed E-state index contributed by atoms with van der Waals surface area (Å²) >= 11 is 0. The molecule has 0 saturated heterocycles. The van der Waals surface area contributed by atoms with Crippen molar-refractivity contribution in [2.45, 2.75) is 58.5 Å². The fraction of sp³-hybridized carbons (Fsp3) is 0.429. The topological polar surface area (TPSA) is 76.1 Å². The maximum atomic E-state index is 11.8. The first-order valence-electron chi connectivity index (χ1n) is 11.7. The molecule has 0 saturated carbocycles. The van der Waals surface area contributed by atoms with Crippen molar-refractivity contribution in [1.82, 2.24) is 4.90 Å². The maximum absolute atomic E-state index is 11.8. The number of rotatable bonds is 13. The fourth-order valence-electron chi connectivity index (χ4n) is 4.22. The summed E-state index contributed by atoms with van der Waals surface area (Å²) in [5.74, 6) is -0.671. The van der Waals surface area contributed by atoms with Gasteiger partial charge in [-0.05, 0) is 70.2 Å². The molecule has 0 aromatic heterocycles. The lowest BCUT2D eigenvalue weighted by molar-refractivity contribution is -0.140. The van der Waals surface area contributed by atoms with Crippen LogP contribution < -0.4 is 4.74 Å². The lowest BCUT2D eigenvalue weighted by atomic mass is 9.87. The molecule has 0 heterocycles. The summed E-state index contributed by atoms with van der Waals surface area (Å²) in [6.45, 7) is 9.38. The van der Waals surface area contributed by atoms with E-state index in [0.29, 0.717) is 0 Å². The number of nitrogens with zero attached hydrogens (tertiary/aromatic N) is 1. The van der Waals surface area contributed by atoms with E-state index in [2.05, 4.69) is 62.1 Å². The lowest BCUT2D eigenvalue weighted by Gasteiger charge is -2.34. The molecule has 0 aliphatic heterocycles. The molecule has 6 heteroatoms. The van der Waals surface area contributed by atoms with Crippen molar-refractivity contribution in [2.75, 3.05) is 20.3 Å². The Morgan fingerprint density at radius 3 is 2.38 bits per heavy atom. The number of hydrogen-bond donors (Lipinski definition) is 1. The number of carbonyl (C=O) groups excluding carboxylic acids is 1. The van der Waals surface area contributed by atoms with Gasteiger partial charge in [0.05, 0.1) is 7.11 Å². The van der Waals surface area contributed by atoms with E-state index in [1.165, 1.54) is 16.7 Å². The molecular formula is C28H37NO5. The van der Waals surface area contributed by atoms with Gasteiger partial charge in [0.1, 0.15) is 12.4 Å².